The lowest BCUT2D eigenvalue weighted by atomic mass is 10.1. The second-order valence-electron chi connectivity index (χ2n) is 4.74. The van der Waals surface area contributed by atoms with E-state index in [1.165, 1.54) is 6.07 Å². The van der Waals surface area contributed by atoms with Crippen molar-refractivity contribution < 1.29 is 17.9 Å². The minimum atomic E-state index is -4.43. The lowest BCUT2D eigenvalue weighted by molar-refractivity contribution is -0.137. The van der Waals surface area contributed by atoms with Crippen LogP contribution in [0, 0.1) is 11.3 Å². The van der Waals surface area contributed by atoms with Crippen LogP contribution in [0.5, 0.6) is 0 Å². The van der Waals surface area contributed by atoms with Crippen LogP contribution in [0.4, 0.5) is 18.9 Å². The summed E-state index contributed by atoms with van der Waals surface area (Å²) in [5, 5.41) is 12.0. The number of benzene rings is 1. The molecule has 1 unspecified atom stereocenters. The first kappa shape index (κ1) is 14.7. The topological polar surface area (TPSA) is 45.0 Å². The Hall–Kier alpha value is -1.74. The first-order valence-corrected chi connectivity index (χ1v) is 6.47. The monoisotopic (exact) mass is 284 g/mol. The van der Waals surface area contributed by atoms with Crippen molar-refractivity contribution in [3.63, 3.8) is 0 Å². The first-order chi connectivity index (χ1) is 9.50. The molecular formula is C14H15F3N2O. The maximum Gasteiger partial charge on any atom is 0.416 e. The molecule has 0 spiro atoms. The van der Waals surface area contributed by atoms with E-state index in [-0.39, 0.29) is 11.7 Å². The number of halogens is 3. The van der Waals surface area contributed by atoms with Gasteiger partial charge in [-0.15, -0.1) is 0 Å². The number of hydrogen-bond donors (Lipinski definition) is 1. The lowest BCUT2D eigenvalue weighted by Crippen LogP contribution is -2.27. The fourth-order valence-corrected chi connectivity index (χ4v) is 2.16. The molecule has 2 rings (SSSR count). The van der Waals surface area contributed by atoms with Crippen LogP contribution in [0.15, 0.2) is 18.2 Å². The Morgan fingerprint density at radius 2 is 2.15 bits per heavy atom. The van der Waals surface area contributed by atoms with Crippen molar-refractivity contribution in [1.29, 1.82) is 5.26 Å². The third-order valence-electron chi connectivity index (χ3n) is 3.26. The Balaban J connectivity index is 2.06. The zero-order valence-electron chi connectivity index (χ0n) is 10.8. The molecule has 1 aliphatic rings. The summed E-state index contributed by atoms with van der Waals surface area (Å²) < 4.78 is 43.2. The normalized spacial score (nSPS) is 19.4. The van der Waals surface area contributed by atoms with Crippen LogP contribution < -0.4 is 5.32 Å². The molecule has 1 heterocycles. The summed E-state index contributed by atoms with van der Waals surface area (Å²) >= 11 is 0. The van der Waals surface area contributed by atoms with Crippen LogP contribution in [0.1, 0.15) is 30.4 Å². The van der Waals surface area contributed by atoms with Gasteiger partial charge in [0.25, 0.3) is 0 Å². The predicted molar refractivity (Wildman–Crippen MR) is 68.2 cm³/mol. The van der Waals surface area contributed by atoms with Crippen LogP contribution in [0.3, 0.4) is 0 Å². The van der Waals surface area contributed by atoms with Crippen LogP contribution in [0.25, 0.3) is 0 Å². The van der Waals surface area contributed by atoms with Gasteiger partial charge in [0.05, 0.1) is 22.9 Å². The molecular weight excluding hydrogens is 269 g/mol. The fraction of sp³-hybridized carbons (Fsp3) is 0.500. The van der Waals surface area contributed by atoms with Crippen LogP contribution in [-0.2, 0) is 10.9 Å². The minimum absolute atomic E-state index is 0.00404. The van der Waals surface area contributed by atoms with Gasteiger partial charge in [-0.3, -0.25) is 0 Å². The second kappa shape index (κ2) is 6.14. The van der Waals surface area contributed by atoms with E-state index in [1.807, 2.05) is 0 Å². The Labute approximate surface area is 115 Å². The summed E-state index contributed by atoms with van der Waals surface area (Å²) in [6, 6.07) is 4.93. The smallest absolute Gasteiger partial charge is 0.381 e. The molecule has 3 nitrogen and oxygen atoms in total. The average molecular weight is 284 g/mol. The summed E-state index contributed by atoms with van der Waals surface area (Å²) in [7, 11) is 0. The first-order valence-electron chi connectivity index (χ1n) is 6.47. The highest BCUT2D eigenvalue weighted by Crippen LogP contribution is 2.31. The van der Waals surface area contributed by atoms with Crippen molar-refractivity contribution in [3.05, 3.63) is 29.3 Å². The quantitative estimate of drug-likeness (QED) is 0.923. The van der Waals surface area contributed by atoms with E-state index in [0.717, 1.165) is 31.4 Å². The molecule has 0 bridgehead atoms. The lowest BCUT2D eigenvalue weighted by Gasteiger charge is -2.23. The predicted octanol–water partition coefficient (Wildman–Crippen LogP) is 3.56. The molecule has 0 amide bonds. The molecule has 0 saturated carbocycles. The number of ether oxygens (including phenoxy) is 1. The summed E-state index contributed by atoms with van der Waals surface area (Å²) in [5.74, 6) is 0. The summed E-state index contributed by atoms with van der Waals surface area (Å²) in [4.78, 5) is 0. The molecule has 1 fully saturated rings. The molecule has 6 heteroatoms. The van der Waals surface area contributed by atoms with Crippen molar-refractivity contribution in [1.82, 2.24) is 0 Å². The van der Waals surface area contributed by atoms with Gasteiger partial charge < -0.3 is 10.1 Å². The molecule has 1 aliphatic heterocycles. The Kier molecular flexibility index (Phi) is 4.50. The van der Waals surface area contributed by atoms with Crippen molar-refractivity contribution >= 4 is 5.69 Å². The van der Waals surface area contributed by atoms with E-state index in [9.17, 15) is 13.2 Å². The SMILES string of the molecule is N#Cc1cc(C(F)(F)F)ccc1NCC1CCCCO1. The van der Waals surface area contributed by atoms with Gasteiger partial charge in [0.15, 0.2) is 0 Å². The number of nitrogens with zero attached hydrogens (tertiary/aromatic N) is 1. The van der Waals surface area contributed by atoms with Crippen molar-refractivity contribution in [2.75, 3.05) is 18.5 Å². The molecule has 1 aromatic rings. The van der Waals surface area contributed by atoms with E-state index in [0.29, 0.717) is 18.8 Å². The minimum Gasteiger partial charge on any atom is -0.381 e. The summed E-state index contributed by atoms with van der Waals surface area (Å²) in [5.41, 5.74) is -0.404. The molecule has 1 saturated heterocycles. The maximum absolute atomic E-state index is 12.6. The van der Waals surface area contributed by atoms with E-state index in [1.54, 1.807) is 6.07 Å². The van der Waals surface area contributed by atoms with Gasteiger partial charge >= 0.3 is 6.18 Å². The molecule has 108 valence electrons. The van der Waals surface area contributed by atoms with Crippen LogP contribution in [-0.4, -0.2) is 19.3 Å². The largest absolute Gasteiger partial charge is 0.416 e. The van der Waals surface area contributed by atoms with Gasteiger partial charge in [-0.25, -0.2) is 0 Å². The Bertz CT molecular complexity index is 502. The molecule has 20 heavy (non-hydrogen) atoms. The Morgan fingerprint density at radius 3 is 2.75 bits per heavy atom. The summed E-state index contributed by atoms with van der Waals surface area (Å²) in [6.07, 6.45) is -1.32. The van der Waals surface area contributed by atoms with Gasteiger partial charge in [0.2, 0.25) is 0 Å². The molecule has 0 radical (unpaired) electrons. The number of hydrogen-bond acceptors (Lipinski definition) is 3. The number of anilines is 1. The van der Waals surface area contributed by atoms with Gasteiger partial charge in [0.1, 0.15) is 6.07 Å². The van der Waals surface area contributed by atoms with Gasteiger partial charge in [-0.05, 0) is 37.5 Å². The fourth-order valence-electron chi connectivity index (χ4n) is 2.16. The zero-order valence-corrected chi connectivity index (χ0v) is 10.8. The Morgan fingerprint density at radius 1 is 1.35 bits per heavy atom. The third kappa shape index (κ3) is 3.64. The van der Waals surface area contributed by atoms with Crippen LogP contribution in [0.2, 0.25) is 0 Å². The van der Waals surface area contributed by atoms with Crippen molar-refractivity contribution in [2.24, 2.45) is 0 Å². The number of rotatable bonds is 3. The molecule has 0 aromatic heterocycles. The van der Waals surface area contributed by atoms with E-state index in [4.69, 9.17) is 10.00 Å². The van der Waals surface area contributed by atoms with E-state index in [2.05, 4.69) is 5.32 Å². The van der Waals surface area contributed by atoms with E-state index < -0.39 is 11.7 Å². The molecule has 1 atom stereocenters. The van der Waals surface area contributed by atoms with Gasteiger partial charge in [-0.2, -0.15) is 18.4 Å². The maximum atomic E-state index is 12.6. The highest BCUT2D eigenvalue weighted by Gasteiger charge is 2.31. The average Bonchev–Trinajstić information content (AvgIpc) is 2.45. The van der Waals surface area contributed by atoms with Gasteiger partial charge in [-0.1, -0.05) is 0 Å². The number of nitriles is 1. The van der Waals surface area contributed by atoms with Crippen LogP contribution >= 0.6 is 0 Å². The van der Waals surface area contributed by atoms with E-state index >= 15 is 0 Å². The zero-order chi connectivity index (χ0) is 14.6. The molecule has 1 aromatic carbocycles. The standard InChI is InChI=1S/C14H15F3N2O/c15-14(16,17)11-4-5-13(10(7-11)8-18)19-9-12-3-1-2-6-20-12/h4-5,7,12,19H,1-3,6,9H2. The molecule has 1 N–H and O–H groups in total. The molecule has 0 aliphatic carbocycles. The van der Waals surface area contributed by atoms with Crippen molar-refractivity contribution in [2.45, 2.75) is 31.5 Å². The van der Waals surface area contributed by atoms with Crippen molar-refractivity contribution in [3.8, 4) is 6.07 Å². The number of nitrogens with one attached hydrogen (secondary N) is 1. The third-order valence-corrected chi connectivity index (χ3v) is 3.26. The summed E-state index contributed by atoms with van der Waals surface area (Å²) in [6.45, 7) is 1.21. The van der Waals surface area contributed by atoms with Gasteiger partial charge in [0, 0.05) is 13.2 Å². The highest BCUT2D eigenvalue weighted by atomic mass is 19.4. The number of alkyl halides is 3. The second-order valence-corrected chi connectivity index (χ2v) is 4.74. The highest BCUT2D eigenvalue weighted by molar-refractivity contribution is 5.59.